The first-order chi connectivity index (χ1) is 11.5. The highest BCUT2D eigenvalue weighted by molar-refractivity contribution is 5.94. The number of nitrogens with zero attached hydrogens (tertiary/aromatic N) is 3. The molecular weight excluding hydrogens is 310 g/mol. The van der Waals surface area contributed by atoms with E-state index in [1.54, 1.807) is 0 Å². The predicted molar refractivity (Wildman–Crippen MR) is 85.7 cm³/mol. The van der Waals surface area contributed by atoms with E-state index in [4.69, 9.17) is 5.11 Å². The lowest BCUT2D eigenvalue weighted by Crippen LogP contribution is -2.39. The van der Waals surface area contributed by atoms with Crippen LogP contribution in [0.25, 0.3) is 0 Å². The molecule has 124 valence electrons. The number of carbonyl (C=O) groups is 2. The summed E-state index contributed by atoms with van der Waals surface area (Å²) in [6, 6.07) is 11.9. The minimum Gasteiger partial charge on any atom is -0.480 e. The predicted octanol–water partition coefficient (Wildman–Crippen LogP) is 0.981. The second kappa shape index (κ2) is 6.66. The Morgan fingerprint density at radius 1 is 1.17 bits per heavy atom. The summed E-state index contributed by atoms with van der Waals surface area (Å²) in [7, 11) is 0. The number of hydrogen-bond donors (Lipinski definition) is 1. The van der Waals surface area contributed by atoms with E-state index in [9.17, 15) is 14.4 Å². The van der Waals surface area contributed by atoms with Crippen LogP contribution in [0, 0.1) is 0 Å². The number of carbonyl (C=O) groups excluding carboxylic acids is 1. The third-order valence-corrected chi connectivity index (χ3v) is 3.82. The van der Waals surface area contributed by atoms with Crippen LogP contribution in [-0.4, -0.2) is 44.3 Å². The minimum absolute atomic E-state index is 0.0510. The number of hydrogen-bond acceptors (Lipinski definition) is 4. The fourth-order valence-corrected chi connectivity index (χ4v) is 2.48. The van der Waals surface area contributed by atoms with Gasteiger partial charge in [0.05, 0.1) is 6.54 Å². The summed E-state index contributed by atoms with van der Waals surface area (Å²) >= 11 is 0. The van der Waals surface area contributed by atoms with Gasteiger partial charge >= 0.3 is 5.97 Å². The molecule has 0 aliphatic heterocycles. The zero-order valence-corrected chi connectivity index (χ0v) is 13.0. The van der Waals surface area contributed by atoms with Gasteiger partial charge in [-0.05, 0) is 24.5 Å². The van der Waals surface area contributed by atoms with E-state index < -0.39 is 11.9 Å². The van der Waals surface area contributed by atoms with Gasteiger partial charge < -0.3 is 10.0 Å². The van der Waals surface area contributed by atoms with Crippen molar-refractivity contribution in [1.29, 1.82) is 0 Å². The molecule has 0 bridgehead atoms. The highest BCUT2D eigenvalue weighted by Crippen LogP contribution is 2.27. The van der Waals surface area contributed by atoms with Crippen LogP contribution in [0.2, 0.25) is 0 Å². The van der Waals surface area contributed by atoms with Gasteiger partial charge in [0, 0.05) is 12.1 Å². The van der Waals surface area contributed by atoms with Crippen molar-refractivity contribution >= 4 is 11.9 Å². The largest absolute Gasteiger partial charge is 0.480 e. The van der Waals surface area contributed by atoms with E-state index in [-0.39, 0.29) is 30.4 Å². The molecule has 1 saturated carbocycles. The normalized spacial score (nSPS) is 13.5. The molecule has 24 heavy (non-hydrogen) atoms. The Bertz CT molecular complexity index is 812. The topological polar surface area (TPSA) is 92.5 Å². The third-order valence-electron chi connectivity index (χ3n) is 3.82. The molecule has 0 atom stereocenters. The molecule has 1 aliphatic rings. The molecule has 1 heterocycles. The molecule has 7 nitrogen and oxygen atoms in total. The Morgan fingerprint density at radius 2 is 1.88 bits per heavy atom. The fraction of sp³-hybridized carbons (Fsp3) is 0.294. The number of amides is 1. The molecule has 1 N–H and O–H groups in total. The molecule has 0 spiro atoms. The number of aromatic nitrogens is 2. The summed E-state index contributed by atoms with van der Waals surface area (Å²) in [4.78, 5) is 36.8. The summed E-state index contributed by atoms with van der Waals surface area (Å²) in [6.45, 7) is -0.105. The van der Waals surface area contributed by atoms with Crippen molar-refractivity contribution in [3.8, 4) is 0 Å². The first kappa shape index (κ1) is 15.9. The van der Waals surface area contributed by atoms with Gasteiger partial charge in [0.25, 0.3) is 11.5 Å². The lowest BCUT2D eigenvalue weighted by molar-refractivity contribution is -0.137. The Morgan fingerprint density at radius 3 is 2.50 bits per heavy atom. The van der Waals surface area contributed by atoms with E-state index in [2.05, 4.69) is 5.10 Å². The number of rotatable bonds is 6. The van der Waals surface area contributed by atoms with Crippen LogP contribution in [0.3, 0.4) is 0 Å². The average molecular weight is 327 g/mol. The molecule has 0 radical (unpaired) electrons. The fourth-order valence-electron chi connectivity index (χ4n) is 2.48. The smallest absolute Gasteiger partial charge is 0.323 e. The molecule has 1 fully saturated rings. The average Bonchev–Trinajstić information content (AvgIpc) is 3.40. The SMILES string of the molecule is O=C(O)CN(C(=O)c1ccc(=O)n(Cc2ccccc2)n1)C1CC1. The van der Waals surface area contributed by atoms with E-state index >= 15 is 0 Å². The Hall–Kier alpha value is -2.96. The maximum absolute atomic E-state index is 12.6. The lowest BCUT2D eigenvalue weighted by Gasteiger charge is -2.19. The van der Waals surface area contributed by atoms with Crippen LogP contribution >= 0.6 is 0 Å². The van der Waals surface area contributed by atoms with Crippen LogP contribution in [0.4, 0.5) is 0 Å². The summed E-state index contributed by atoms with van der Waals surface area (Å²) in [6.07, 6.45) is 1.59. The van der Waals surface area contributed by atoms with E-state index in [0.29, 0.717) is 0 Å². The summed E-state index contributed by atoms with van der Waals surface area (Å²) in [5.74, 6) is -1.52. The van der Waals surface area contributed by atoms with Crippen LogP contribution in [0.1, 0.15) is 28.9 Å². The maximum Gasteiger partial charge on any atom is 0.323 e. The van der Waals surface area contributed by atoms with Crippen LogP contribution in [0.15, 0.2) is 47.3 Å². The molecule has 1 aliphatic carbocycles. The summed E-state index contributed by atoms with van der Waals surface area (Å²) in [5.41, 5.74) is 0.659. The number of aliphatic carboxylic acids is 1. The minimum atomic E-state index is -1.06. The van der Waals surface area contributed by atoms with Gasteiger partial charge in [-0.2, -0.15) is 5.10 Å². The molecule has 0 unspecified atom stereocenters. The van der Waals surface area contributed by atoms with E-state index in [1.165, 1.54) is 21.7 Å². The second-order valence-corrected chi connectivity index (χ2v) is 5.76. The first-order valence-electron chi connectivity index (χ1n) is 7.69. The quantitative estimate of drug-likeness (QED) is 0.854. The molecule has 3 rings (SSSR count). The van der Waals surface area contributed by atoms with Crippen LogP contribution < -0.4 is 5.56 Å². The highest BCUT2D eigenvalue weighted by Gasteiger charge is 2.35. The number of benzene rings is 1. The lowest BCUT2D eigenvalue weighted by atomic mass is 10.2. The van der Waals surface area contributed by atoms with Crippen molar-refractivity contribution in [3.63, 3.8) is 0 Å². The van der Waals surface area contributed by atoms with E-state index in [0.717, 1.165) is 18.4 Å². The first-order valence-corrected chi connectivity index (χ1v) is 7.69. The zero-order chi connectivity index (χ0) is 17.1. The molecule has 0 saturated heterocycles. The van der Waals surface area contributed by atoms with Crippen molar-refractivity contribution in [2.75, 3.05) is 6.54 Å². The molecule has 1 aromatic carbocycles. The standard InChI is InChI=1S/C17H17N3O4/c21-15-9-8-14(17(24)19(11-16(22)23)13-6-7-13)18-20(15)10-12-4-2-1-3-5-12/h1-5,8-9,13H,6-7,10-11H2,(H,22,23). The Balaban J connectivity index is 1.85. The number of carboxylic acid groups (broad SMARTS) is 1. The van der Waals surface area contributed by atoms with Gasteiger partial charge in [0.1, 0.15) is 12.2 Å². The van der Waals surface area contributed by atoms with Gasteiger partial charge in [0.2, 0.25) is 0 Å². The third kappa shape index (κ3) is 3.68. The molecule has 1 aromatic heterocycles. The van der Waals surface area contributed by atoms with Crippen molar-refractivity contribution < 1.29 is 14.7 Å². The molecule has 2 aromatic rings. The molecule has 7 heteroatoms. The van der Waals surface area contributed by atoms with Crippen molar-refractivity contribution in [3.05, 3.63) is 64.1 Å². The van der Waals surface area contributed by atoms with E-state index in [1.807, 2.05) is 30.3 Å². The maximum atomic E-state index is 12.6. The van der Waals surface area contributed by atoms with Gasteiger partial charge in [-0.3, -0.25) is 14.4 Å². The second-order valence-electron chi connectivity index (χ2n) is 5.76. The molecular formula is C17H17N3O4. The van der Waals surface area contributed by atoms with Crippen LogP contribution in [0.5, 0.6) is 0 Å². The Labute approximate surface area is 138 Å². The number of carboxylic acids is 1. The highest BCUT2D eigenvalue weighted by atomic mass is 16.4. The van der Waals surface area contributed by atoms with Crippen molar-refractivity contribution in [2.45, 2.75) is 25.4 Å². The van der Waals surface area contributed by atoms with Gasteiger partial charge in [-0.25, -0.2) is 4.68 Å². The summed E-state index contributed by atoms with van der Waals surface area (Å²) < 4.78 is 1.22. The van der Waals surface area contributed by atoms with Gasteiger partial charge in [-0.15, -0.1) is 0 Å². The van der Waals surface area contributed by atoms with Crippen LogP contribution in [-0.2, 0) is 11.3 Å². The van der Waals surface area contributed by atoms with Gasteiger partial charge in [0.15, 0.2) is 0 Å². The van der Waals surface area contributed by atoms with Crippen molar-refractivity contribution in [1.82, 2.24) is 14.7 Å². The monoisotopic (exact) mass is 327 g/mol. The summed E-state index contributed by atoms with van der Waals surface area (Å²) in [5, 5.41) is 13.1. The zero-order valence-electron chi connectivity index (χ0n) is 13.0. The van der Waals surface area contributed by atoms with Gasteiger partial charge in [-0.1, -0.05) is 30.3 Å². The Kier molecular flexibility index (Phi) is 4.41. The molecule has 1 amide bonds. The van der Waals surface area contributed by atoms with Crippen molar-refractivity contribution in [2.24, 2.45) is 0 Å².